The number of carbonyl (C=O) groups excluding carboxylic acids is 3. The highest BCUT2D eigenvalue weighted by atomic mass is 32.1. The first-order valence-corrected chi connectivity index (χ1v) is 14.3. The minimum atomic E-state index is -0.493. The summed E-state index contributed by atoms with van der Waals surface area (Å²) >= 11 is 1.27. The van der Waals surface area contributed by atoms with E-state index in [2.05, 4.69) is 10.4 Å². The van der Waals surface area contributed by atoms with Crippen molar-refractivity contribution >= 4 is 44.9 Å². The number of benzene rings is 2. The van der Waals surface area contributed by atoms with Crippen LogP contribution in [-0.2, 0) is 19.1 Å². The zero-order chi connectivity index (χ0) is 30.6. The Morgan fingerprint density at radius 1 is 1.07 bits per heavy atom. The van der Waals surface area contributed by atoms with Gasteiger partial charge in [-0.15, -0.1) is 11.3 Å². The lowest BCUT2D eigenvalue weighted by Crippen LogP contribution is -2.36. The van der Waals surface area contributed by atoms with Crippen LogP contribution in [0.2, 0.25) is 0 Å². The van der Waals surface area contributed by atoms with Crippen molar-refractivity contribution in [3.63, 3.8) is 0 Å². The minimum Gasteiger partial charge on any atom is -0.493 e. The molecule has 1 heterocycles. The van der Waals surface area contributed by atoms with Crippen molar-refractivity contribution < 1.29 is 37.7 Å². The average molecular weight is 602 g/mol. The number of hydrazone groups is 1. The highest BCUT2D eigenvalue weighted by Crippen LogP contribution is 2.30. The largest absolute Gasteiger partial charge is 0.493 e. The van der Waals surface area contributed by atoms with Crippen LogP contribution in [0.3, 0.4) is 0 Å². The molecule has 2 aromatic carbocycles. The van der Waals surface area contributed by atoms with Crippen LogP contribution >= 0.6 is 11.3 Å². The van der Waals surface area contributed by atoms with E-state index in [-0.39, 0.29) is 43.0 Å². The van der Waals surface area contributed by atoms with E-state index in [9.17, 15) is 18.8 Å². The van der Waals surface area contributed by atoms with Crippen LogP contribution in [0.5, 0.6) is 11.5 Å². The van der Waals surface area contributed by atoms with E-state index in [0.29, 0.717) is 46.7 Å². The van der Waals surface area contributed by atoms with Gasteiger partial charge in [-0.3, -0.25) is 14.4 Å². The van der Waals surface area contributed by atoms with E-state index in [4.69, 9.17) is 18.9 Å². The molecule has 0 radical (unpaired) electrons. The second-order valence-corrected chi connectivity index (χ2v) is 10.6. The van der Waals surface area contributed by atoms with Gasteiger partial charge in [-0.25, -0.2) is 9.40 Å². The van der Waals surface area contributed by atoms with Crippen LogP contribution < -0.4 is 14.8 Å². The first-order chi connectivity index (χ1) is 20.1. The van der Waals surface area contributed by atoms with Crippen molar-refractivity contribution in [1.29, 1.82) is 0 Å². The van der Waals surface area contributed by atoms with E-state index in [1.54, 1.807) is 19.2 Å². The average Bonchev–Trinajstić information content (AvgIpc) is 3.41. The Kier molecular flexibility index (Phi) is 12.2. The minimum absolute atomic E-state index is 0.0851. The van der Waals surface area contributed by atoms with Crippen LogP contribution in [0.15, 0.2) is 46.9 Å². The highest BCUT2D eigenvalue weighted by molar-refractivity contribution is 7.17. The summed E-state index contributed by atoms with van der Waals surface area (Å²) in [7, 11) is 4.49. The predicted molar refractivity (Wildman–Crippen MR) is 159 cm³/mol. The molecular formula is C30H36FN3O7S. The Balaban J connectivity index is 1.60. The maximum Gasteiger partial charge on any atom is 0.306 e. The first-order valence-electron chi connectivity index (χ1n) is 13.4. The Bertz CT molecular complexity index is 1420. The third-order valence-electron chi connectivity index (χ3n) is 6.04. The number of amides is 2. The molecule has 42 heavy (non-hydrogen) atoms. The van der Waals surface area contributed by atoms with Gasteiger partial charge in [-0.1, -0.05) is 26.0 Å². The molecule has 0 fully saturated rings. The number of nitrogens with zero attached hydrogens (tertiary/aromatic N) is 2. The molecule has 3 rings (SSSR count). The summed E-state index contributed by atoms with van der Waals surface area (Å²) in [4.78, 5) is 37.3. The Hall–Kier alpha value is -4.03. The van der Waals surface area contributed by atoms with Crippen LogP contribution in [0.1, 0.15) is 42.6 Å². The zero-order valence-corrected chi connectivity index (χ0v) is 25.2. The molecule has 0 bridgehead atoms. The molecule has 2 amide bonds. The summed E-state index contributed by atoms with van der Waals surface area (Å²) < 4.78 is 36.1. The number of nitrogens with one attached hydrogen (secondary N) is 1. The van der Waals surface area contributed by atoms with Gasteiger partial charge in [0.2, 0.25) is 0 Å². The molecular weight excluding hydrogens is 565 g/mol. The van der Waals surface area contributed by atoms with Crippen LogP contribution in [-0.4, -0.2) is 76.1 Å². The van der Waals surface area contributed by atoms with E-state index in [0.717, 1.165) is 10.6 Å². The first kappa shape index (κ1) is 32.5. The van der Waals surface area contributed by atoms with Gasteiger partial charge in [0.25, 0.3) is 11.8 Å². The molecule has 0 aliphatic heterocycles. The normalized spacial score (nSPS) is 11.5. The van der Waals surface area contributed by atoms with Crippen molar-refractivity contribution in [2.45, 2.75) is 26.7 Å². The van der Waals surface area contributed by atoms with Gasteiger partial charge in [0.05, 0.1) is 30.7 Å². The van der Waals surface area contributed by atoms with Gasteiger partial charge in [0.15, 0.2) is 11.5 Å². The SMILES string of the molecule is COCC/C(=N\N(C)C(=O)CNC(=O)c1ccc(OCCOC(=O)CC(C)C)c(OC)c1)c1csc2c(F)cccc12. The summed E-state index contributed by atoms with van der Waals surface area (Å²) in [5.74, 6) is -0.663. The Morgan fingerprint density at radius 3 is 2.57 bits per heavy atom. The van der Waals surface area contributed by atoms with Crippen molar-refractivity contribution in [1.82, 2.24) is 10.3 Å². The highest BCUT2D eigenvalue weighted by Gasteiger charge is 2.18. The smallest absolute Gasteiger partial charge is 0.306 e. The lowest BCUT2D eigenvalue weighted by molar-refractivity contribution is -0.145. The second kappa shape index (κ2) is 15.8. The van der Waals surface area contributed by atoms with Gasteiger partial charge in [0, 0.05) is 48.9 Å². The third kappa shape index (κ3) is 8.98. The number of hydrogen-bond donors (Lipinski definition) is 1. The molecule has 226 valence electrons. The van der Waals surface area contributed by atoms with Gasteiger partial charge < -0.3 is 24.3 Å². The van der Waals surface area contributed by atoms with Crippen molar-refractivity contribution in [2.75, 3.05) is 47.6 Å². The Labute approximate surface area is 248 Å². The number of methoxy groups -OCH3 is 2. The number of carbonyl (C=O) groups is 3. The number of likely N-dealkylation sites (N-methyl/N-ethyl adjacent to an activating group) is 1. The molecule has 0 unspecified atom stereocenters. The number of halogens is 1. The number of ether oxygens (including phenoxy) is 4. The maximum absolute atomic E-state index is 14.2. The fourth-order valence-corrected chi connectivity index (χ4v) is 4.90. The lowest BCUT2D eigenvalue weighted by atomic mass is 10.1. The second-order valence-electron chi connectivity index (χ2n) is 9.69. The number of fused-ring (bicyclic) bond motifs is 1. The van der Waals surface area contributed by atoms with Crippen LogP contribution in [0.25, 0.3) is 10.1 Å². The van der Waals surface area contributed by atoms with Crippen LogP contribution in [0, 0.1) is 11.7 Å². The fourth-order valence-electron chi connectivity index (χ4n) is 3.92. The van der Waals surface area contributed by atoms with Crippen molar-refractivity contribution in [3.05, 3.63) is 58.7 Å². The number of hydrogen-bond acceptors (Lipinski definition) is 9. The number of thiophene rings is 1. The predicted octanol–water partition coefficient (Wildman–Crippen LogP) is 4.65. The van der Waals surface area contributed by atoms with Gasteiger partial charge >= 0.3 is 5.97 Å². The molecule has 12 heteroatoms. The molecule has 0 aliphatic carbocycles. The van der Waals surface area contributed by atoms with E-state index >= 15 is 0 Å². The van der Waals surface area contributed by atoms with Gasteiger partial charge in [-0.05, 0) is 30.2 Å². The van der Waals surface area contributed by atoms with Gasteiger partial charge in [-0.2, -0.15) is 5.10 Å². The summed E-state index contributed by atoms with van der Waals surface area (Å²) in [6.45, 7) is 4.12. The van der Waals surface area contributed by atoms with E-state index in [1.807, 2.05) is 25.3 Å². The summed E-state index contributed by atoms with van der Waals surface area (Å²) in [6, 6.07) is 9.43. The molecule has 0 atom stereocenters. The number of esters is 1. The maximum atomic E-state index is 14.2. The zero-order valence-electron chi connectivity index (χ0n) is 24.4. The molecule has 0 saturated heterocycles. The molecule has 10 nitrogen and oxygen atoms in total. The molecule has 0 aliphatic rings. The lowest BCUT2D eigenvalue weighted by Gasteiger charge is -2.15. The molecule has 0 spiro atoms. The van der Waals surface area contributed by atoms with Crippen molar-refractivity contribution in [2.24, 2.45) is 11.0 Å². The third-order valence-corrected chi connectivity index (χ3v) is 7.05. The summed E-state index contributed by atoms with van der Waals surface area (Å²) in [5.41, 5.74) is 1.54. The summed E-state index contributed by atoms with van der Waals surface area (Å²) in [5, 5.41) is 10.7. The van der Waals surface area contributed by atoms with E-state index < -0.39 is 11.8 Å². The molecule has 0 saturated carbocycles. The molecule has 3 aromatic rings. The molecule has 1 aromatic heterocycles. The monoisotopic (exact) mass is 601 g/mol. The van der Waals surface area contributed by atoms with Crippen LogP contribution in [0.4, 0.5) is 4.39 Å². The number of rotatable bonds is 15. The topological polar surface area (TPSA) is 116 Å². The van der Waals surface area contributed by atoms with E-state index in [1.165, 1.54) is 43.7 Å². The van der Waals surface area contributed by atoms with Gasteiger partial charge in [0.1, 0.15) is 19.0 Å². The van der Waals surface area contributed by atoms with Crippen molar-refractivity contribution in [3.8, 4) is 11.5 Å². The molecule has 1 N–H and O–H groups in total. The summed E-state index contributed by atoms with van der Waals surface area (Å²) in [6.07, 6.45) is 0.733. The standard InChI is InChI=1S/C30H36FN3O7S/c1-19(2)15-28(36)41-14-13-40-25-10-9-20(16-26(25)39-5)30(37)32-17-27(35)34(3)33-24(11-12-38-4)22-18-42-29-21(22)7-6-8-23(29)31/h6-10,16,18-19H,11-15,17H2,1-5H3,(H,32,37)/b33-24+. The Morgan fingerprint density at radius 2 is 1.86 bits per heavy atom. The quantitative estimate of drug-likeness (QED) is 0.117. The fraction of sp³-hybridized carbons (Fsp3) is 0.400.